The predicted molar refractivity (Wildman–Crippen MR) is 93.3 cm³/mol. The molecule has 0 bridgehead atoms. The van der Waals surface area contributed by atoms with Gasteiger partial charge in [-0.25, -0.2) is 4.68 Å². The highest BCUT2D eigenvalue weighted by Gasteiger charge is 2.20. The summed E-state index contributed by atoms with van der Waals surface area (Å²) < 4.78 is 1.77. The van der Waals surface area contributed by atoms with Gasteiger partial charge in [0.05, 0.1) is 11.8 Å². The van der Waals surface area contributed by atoms with Crippen LogP contribution in [0, 0.1) is 6.92 Å². The monoisotopic (exact) mass is 322 g/mol. The Bertz CT molecular complexity index is 782. The Morgan fingerprint density at radius 3 is 2.61 bits per heavy atom. The lowest BCUT2D eigenvalue weighted by Gasteiger charge is -2.19. The van der Waals surface area contributed by atoms with Gasteiger partial charge < -0.3 is 0 Å². The van der Waals surface area contributed by atoms with Crippen LogP contribution in [0.15, 0.2) is 72.4 Å². The molecule has 0 aliphatic rings. The van der Waals surface area contributed by atoms with E-state index in [-0.39, 0.29) is 5.25 Å². The largest absolute Gasteiger partial charge is 0.217 e. The first-order valence-electron chi connectivity index (χ1n) is 7.44. The van der Waals surface area contributed by atoms with Crippen molar-refractivity contribution in [3.8, 4) is 0 Å². The second-order valence-corrected chi connectivity index (χ2v) is 6.27. The van der Waals surface area contributed by atoms with Gasteiger partial charge in [0.2, 0.25) is 5.16 Å². The van der Waals surface area contributed by atoms with Crippen LogP contribution < -0.4 is 0 Å². The summed E-state index contributed by atoms with van der Waals surface area (Å²) in [5, 5.41) is 12.9. The molecule has 23 heavy (non-hydrogen) atoms. The second-order valence-electron chi connectivity index (χ2n) is 5.20. The van der Waals surface area contributed by atoms with Gasteiger partial charge in [-0.3, -0.25) is 0 Å². The average Bonchev–Trinajstić information content (AvgIpc) is 3.02. The summed E-state index contributed by atoms with van der Waals surface area (Å²) in [5.41, 5.74) is 3.77. The number of benzene rings is 2. The third-order valence-electron chi connectivity index (χ3n) is 3.60. The molecule has 0 fully saturated rings. The Balaban J connectivity index is 2.01. The number of hydrogen-bond donors (Lipinski definition) is 0. The minimum Gasteiger partial charge on any atom is -0.217 e. The summed E-state index contributed by atoms with van der Waals surface area (Å²) >= 11 is 1.66. The minimum atomic E-state index is 0.145. The standard InChI is InChI=1S/C18H18N4S/c1-3-13-22-18(19-20-21-22)23-17(15-10-5-4-6-11-15)16-12-8-7-9-14(16)2/h3-12,17H,1,13H2,2H3. The molecule has 0 aliphatic carbocycles. The van der Waals surface area contributed by atoms with E-state index in [1.807, 2.05) is 6.07 Å². The number of allylic oxidation sites excluding steroid dienone is 1. The molecule has 5 heteroatoms. The molecule has 1 unspecified atom stereocenters. The van der Waals surface area contributed by atoms with Gasteiger partial charge >= 0.3 is 0 Å². The first kappa shape index (κ1) is 15.5. The van der Waals surface area contributed by atoms with Crippen molar-refractivity contribution in [3.63, 3.8) is 0 Å². The Morgan fingerprint density at radius 1 is 1.13 bits per heavy atom. The maximum absolute atomic E-state index is 4.17. The van der Waals surface area contributed by atoms with Crippen LogP contribution in [0.2, 0.25) is 0 Å². The topological polar surface area (TPSA) is 43.6 Å². The van der Waals surface area contributed by atoms with Crippen molar-refractivity contribution in [1.29, 1.82) is 0 Å². The fourth-order valence-corrected chi connectivity index (χ4v) is 3.65. The Morgan fingerprint density at radius 2 is 1.87 bits per heavy atom. The number of tetrazole rings is 1. The van der Waals surface area contributed by atoms with Crippen LogP contribution in [-0.4, -0.2) is 20.2 Å². The smallest absolute Gasteiger partial charge is 0.210 e. The van der Waals surface area contributed by atoms with Crippen LogP contribution in [0.25, 0.3) is 0 Å². The zero-order valence-electron chi connectivity index (χ0n) is 13.0. The number of aryl methyl sites for hydroxylation is 1. The van der Waals surface area contributed by atoms with Crippen molar-refractivity contribution in [2.45, 2.75) is 23.9 Å². The lowest BCUT2D eigenvalue weighted by molar-refractivity contribution is 0.614. The van der Waals surface area contributed by atoms with Crippen LogP contribution in [0.3, 0.4) is 0 Å². The number of nitrogens with zero attached hydrogens (tertiary/aromatic N) is 4. The molecule has 0 N–H and O–H groups in total. The Hall–Kier alpha value is -2.40. The van der Waals surface area contributed by atoms with Crippen molar-refractivity contribution in [1.82, 2.24) is 20.2 Å². The molecule has 3 rings (SSSR count). The van der Waals surface area contributed by atoms with Crippen LogP contribution in [0.1, 0.15) is 21.9 Å². The summed E-state index contributed by atoms with van der Waals surface area (Å²) in [4.78, 5) is 0. The maximum atomic E-state index is 4.17. The summed E-state index contributed by atoms with van der Waals surface area (Å²) in [6.45, 7) is 6.50. The van der Waals surface area contributed by atoms with Gasteiger partial charge in [0, 0.05) is 0 Å². The van der Waals surface area contributed by atoms with E-state index in [0.717, 1.165) is 5.16 Å². The second kappa shape index (κ2) is 7.24. The predicted octanol–water partition coefficient (Wildman–Crippen LogP) is 4.05. The van der Waals surface area contributed by atoms with E-state index in [1.165, 1.54) is 16.7 Å². The first-order valence-corrected chi connectivity index (χ1v) is 8.31. The van der Waals surface area contributed by atoms with Gasteiger partial charge in [0.25, 0.3) is 0 Å². The molecule has 1 atom stereocenters. The van der Waals surface area contributed by atoms with Gasteiger partial charge in [-0.05, 0) is 34.0 Å². The highest BCUT2D eigenvalue weighted by atomic mass is 32.2. The minimum absolute atomic E-state index is 0.145. The Kier molecular flexibility index (Phi) is 4.88. The van der Waals surface area contributed by atoms with Crippen LogP contribution in [0.5, 0.6) is 0 Å². The first-order chi connectivity index (χ1) is 11.3. The third kappa shape index (κ3) is 3.51. The third-order valence-corrected chi connectivity index (χ3v) is 4.86. The molecule has 1 aromatic heterocycles. The highest BCUT2D eigenvalue weighted by molar-refractivity contribution is 7.99. The summed E-state index contributed by atoms with van der Waals surface area (Å²) in [6, 6.07) is 18.9. The highest BCUT2D eigenvalue weighted by Crippen LogP contribution is 2.40. The van der Waals surface area contributed by atoms with Crippen LogP contribution in [0.4, 0.5) is 0 Å². The zero-order valence-corrected chi connectivity index (χ0v) is 13.8. The molecular weight excluding hydrogens is 304 g/mol. The Labute approximate surface area is 140 Å². The molecule has 3 aromatic rings. The van der Waals surface area contributed by atoms with Gasteiger partial charge in [-0.2, -0.15) is 0 Å². The SMILES string of the molecule is C=CCn1nnnc1SC(c1ccccc1)c1ccccc1C. The summed E-state index contributed by atoms with van der Waals surface area (Å²) in [7, 11) is 0. The lowest BCUT2D eigenvalue weighted by atomic mass is 10.0. The van der Waals surface area contributed by atoms with Gasteiger partial charge in [-0.1, -0.05) is 72.4 Å². The van der Waals surface area contributed by atoms with Gasteiger partial charge in [0.15, 0.2) is 0 Å². The zero-order chi connectivity index (χ0) is 16.1. The maximum Gasteiger partial charge on any atom is 0.210 e. The molecule has 0 saturated carbocycles. The number of aromatic nitrogens is 4. The van der Waals surface area contributed by atoms with E-state index in [1.54, 1.807) is 22.5 Å². The van der Waals surface area contributed by atoms with E-state index in [2.05, 4.69) is 77.6 Å². The van der Waals surface area contributed by atoms with Crippen molar-refractivity contribution in [3.05, 3.63) is 83.9 Å². The molecule has 0 radical (unpaired) electrons. The number of hydrogen-bond acceptors (Lipinski definition) is 4. The molecule has 0 amide bonds. The van der Waals surface area contributed by atoms with Crippen LogP contribution in [-0.2, 0) is 6.54 Å². The fourth-order valence-electron chi connectivity index (χ4n) is 2.44. The van der Waals surface area contributed by atoms with E-state index in [4.69, 9.17) is 0 Å². The molecule has 4 nitrogen and oxygen atoms in total. The molecule has 116 valence electrons. The normalized spacial score (nSPS) is 12.0. The molecule has 0 spiro atoms. The van der Waals surface area contributed by atoms with Crippen molar-refractivity contribution in [2.24, 2.45) is 0 Å². The van der Waals surface area contributed by atoms with E-state index in [9.17, 15) is 0 Å². The number of rotatable bonds is 6. The lowest BCUT2D eigenvalue weighted by Crippen LogP contribution is -2.04. The summed E-state index contributed by atoms with van der Waals surface area (Å²) in [5.74, 6) is 0. The average molecular weight is 322 g/mol. The number of thioether (sulfide) groups is 1. The van der Waals surface area contributed by atoms with Crippen molar-refractivity contribution >= 4 is 11.8 Å². The molecule has 1 heterocycles. The van der Waals surface area contributed by atoms with Crippen LogP contribution >= 0.6 is 11.8 Å². The molecular formula is C18H18N4S. The molecule has 0 aliphatic heterocycles. The van der Waals surface area contributed by atoms with Gasteiger partial charge in [-0.15, -0.1) is 11.7 Å². The van der Waals surface area contributed by atoms with Crippen molar-refractivity contribution in [2.75, 3.05) is 0 Å². The van der Waals surface area contributed by atoms with E-state index < -0.39 is 0 Å². The summed E-state index contributed by atoms with van der Waals surface area (Å²) in [6.07, 6.45) is 1.80. The molecule has 2 aromatic carbocycles. The van der Waals surface area contributed by atoms with Crippen molar-refractivity contribution < 1.29 is 0 Å². The fraction of sp³-hybridized carbons (Fsp3) is 0.167. The quantitative estimate of drug-likeness (QED) is 0.507. The van der Waals surface area contributed by atoms with E-state index >= 15 is 0 Å². The van der Waals surface area contributed by atoms with E-state index in [0.29, 0.717) is 6.54 Å². The van der Waals surface area contributed by atoms with Gasteiger partial charge in [0.1, 0.15) is 0 Å². The molecule has 0 saturated heterocycles.